The maximum absolute atomic E-state index is 13.8. The van der Waals surface area contributed by atoms with Gasteiger partial charge in [-0.2, -0.15) is 0 Å². The summed E-state index contributed by atoms with van der Waals surface area (Å²) in [5.74, 6) is -0.0443. The van der Waals surface area contributed by atoms with Crippen LogP contribution in [0.3, 0.4) is 0 Å². The first-order valence-electron chi connectivity index (χ1n) is 14.5. The third-order valence-electron chi connectivity index (χ3n) is 8.09. The van der Waals surface area contributed by atoms with Gasteiger partial charge in [-0.3, -0.25) is 14.4 Å². The van der Waals surface area contributed by atoms with Gasteiger partial charge in [-0.25, -0.2) is 9.37 Å². The molecule has 10 heteroatoms. The number of aromatic nitrogens is 1. The van der Waals surface area contributed by atoms with Gasteiger partial charge in [0.05, 0.1) is 22.7 Å². The highest BCUT2D eigenvalue weighted by Gasteiger charge is 2.30. The molecule has 1 atom stereocenters. The molecular weight excluding hydrogens is 565 g/mol. The third-order valence-corrected chi connectivity index (χ3v) is 9.30. The van der Waals surface area contributed by atoms with E-state index in [0.29, 0.717) is 59.5 Å². The van der Waals surface area contributed by atoms with Crippen LogP contribution in [0.5, 0.6) is 0 Å². The van der Waals surface area contributed by atoms with E-state index in [1.165, 1.54) is 11.3 Å². The van der Waals surface area contributed by atoms with Gasteiger partial charge in [0, 0.05) is 47.0 Å². The Morgan fingerprint density at radius 1 is 0.930 bits per heavy atom. The molecule has 3 aliphatic rings. The number of rotatable bonds is 6. The van der Waals surface area contributed by atoms with Gasteiger partial charge in [0.2, 0.25) is 0 Å². The summed E-state index contributed by atoms with van der Waals surface area (Å²) >= 11 is 1.48. The van der Waals surface area contributed by atoms with Crippen LogP contribution in [0.1, 0.15) is 55.2 Å². The van der Waals surface area contributed by atoms with Gasteiger partial charge in [-0.15, -0.1) is 11.3 Å². The summed E-state index contributed by atoms with van der Waals surface area (Å²) in [6.45, 7) is 1.21. The van der Waals surface area contributed by atoms with Crippen molar-refractivity contribution in [3.63, 3.8) is 0 Å². The Morgan fingerprint density at radius 2 is 1.74 bits per heavy atom. The molecule has 1 saturated carbocycles. The van der Waals surface area contributed by atoms with Crippen LogP contribution in [-0.2, 0) is 6.42 Å². The molecule has 7 rings (SSSR count). The highest BCUT2D eigenvalue weighted by molar-refractivity contribution is 7.17. The smallest absolute Gasteiger partial charge is 0.261 e. The summed E-state index contributed by atoms with van der Waals surface area (Å²) in [6, 6.07) is 20.3. The molecule has 8 nitrogen and oxygen atoms in total. The number of carbonyl (C=O) groups is 3. The van der Waals surface area contributed by atoms with Crippen molar-refractivity contribution in [2.45, 2.75) is 37.9 Å². The third kappa shape index (κ3) is 5.50. The second-order valence-electron chi connectivity index (χ2n) is 11.2. The van der Waals surface area contributed by atoms with Crippen molar-refractivity contribution in [1.82, 2.24) is 10.3 Å². The minimum absolute atomic E-state index is 0.0256. The molecule has 3 amide bonds. The highest BCUT2D eigenvalue weighted by Crippen LogP contribution is 2.42. The molecule has 218 valence electrons. The number of hydrogen-bond acceptors (Lipinski definition) is 6. The van der Waals surface area contributed by atoms with Crippen LogP contribution in [0.2, 0.25) is 0 Å². The lowest BCUT2D eigenvalue weighted by molar-refractivity contribution is 0.0952. The standard InChI is InChI=1S/C33H30FN5O3S/c34-22-14-16-38(19-22)30-26(5-3-15-35-30)31(40)36-23-9-7-20(8-10-23)33(42)39-17-13-21-18-28(32(41)37-24-11-12-24)43-29(21)25-4-1-2-6-27(25)39/h1-10,15,18,22,24H,11-14,16-17,19H2,(H,36,40)(H,37,41)/t22-/m1/s1. The summed E-state index contributed by atoms with van der Waals surface area (Å²) in [6.07, 6.45) is 3.80. The Kier molecular flexibility index (Phi) is 7.14. The summed E-state index contributed by atoms with van der Waals surface area (Å²) < 4.78 is 13.8. The molecule has 2 aromatic heterocycles. The number of para-hydroxylation sites is 1. The molecule has 2 aromatic carbocycles. The highest BCUT2D eigenvalue weighted by atomic mass is 32.1. The van der Waals surface area contributed by atoms with Crippen LogP contribution < -0.4 is 20.4 Å². The average Bonchev–Trinajstić information content (AvgIpc) is 3.61. The number of benzene rings is 2. The minimum Gasteiger partial charge on any atom is -0.353 e. The van der Waals surface area contributed by atoms with Crippen LogP contribution in [0.15, 0.2) is 72.9 Å². The summed E-state index contributed by atoms with van der Waals surface area (Å²) in [7, 11) is 0. The number of anilines is 3. The first-order valence-corrected chi connectivity index (χ1v) is 15.4. The molecular formula is C33H30FN5O3S. The Morgan fingerprint density at radius 3 is 2.51 bits per heavy atom. The minimum atomic E-state index is -0.929. The molecule has 1 aliphatic carbocycles. The van der Waals surface area contributed by atoms with E-state index in [0.717, 1.165) is 34.5 Å². The van der Waals surface area contributed by atoms with Gasteiger partial charge in [0.15, 0.2) is 0 Å². The van der Waals surface area contributed by atoms with Crippen molar-refractivity contribution < 1.29 is 18.8 Å². The summed E-state index contributed by atoms with van der Waals surface area (Å²) in [4.78, 5) is 49.3. The fourth-order valence-electron chi connectivity index (χ4n) is 5.69. The molecule has 0 radical (unpaired) electrons. The van der Waals surface area contributed by atoms with Gasteiger partial charge < -0.3 is 20.4 Å². The largest absolute Gasteiger partial charge is 0.353 e. The van der Waals surface area contributed by atoms with Crippen LogP contribution in [-0.4, -0.2) is 54.6 Å². The number of pyridine rings is 1. The molecule has 0 spiro atoms. The zero-order chi connectivity index (χ0) is 29.5. The Bertz CT molecular complexity index is 1720. The number of nitrogens with one attached hydrogen (secondary N) is 2. The van der Waals surface area contributed by atoms with Gasteiger partial charge >= 0.3 is 0 Å². The van der Waals surface area contributed by atoms with E-state index < -0.39 is 6.17 Å². The average molecular weight is 596 g/mol. The zero-order valence-corrected chi connectivity index (χ0v) is 24.2. The fourth-order valence-corrected chi connectivity index (χ4v) is 6.84. The SMILES string of the molecule is O=C(NC1CC1)c1cc2c(s1)-c1ccccc1N(C(=O)c1ccc(NC(=O)c3cccnc3N3CC[C@@H](F)C3)cc1)CC2. The number of amides is 3. The zero-order valence-electron chi connectivity index (χ0n) is 23.4. The fraction of sp³-hybridized carbons (Fsp3) is 0.273. The maximum atomic E-state index is 13.8. The number of thiophene rings is 1. The van der Waals surface area contributed by atoms with E-state index in [1.807, 2.05) is 30.3 Å². The monoisotopic (exact) mass is 595 g/mol. The normalized spacial score (nSPS) is 17.6. The van der Waals surface area contributed by atoms with Gasteiger partial charge in [0.1, 0.15) is 12.0 Å². The van der Waals surface area contributed by atoms with E-state index >= 15 is 0 Å². The second-order valence-corrected chi connectivity index (χ2v) is 12.2. The first-order chi connectivity index (χ1) is 20.9. The van der Waals surface area contributed by atoms with Crippen LogP contribution in [0, 0.1) is 0 Å². The molecule has 0 bridgehead atoms. The summed E-state index contributed by atoms with van der Waals surface area (Å²) in [5.41, 5.74) is 4.22. The topological polar surface area (TPSA) is 94.6 Å². The second kappa shape index (κ2) is 11.3. The number of carbonyl (C=O) groups excluding carboxylic acids is 3. The molecule has 4 aromatic rings. The number of halogens is 1. The van der Waals surface area contributed by atoms with Crippen molar-refractivity contribution in [2.75, 3.05) is 34.8 Å². The molecule has 4 heterocycles. The first kappa shape index (κ1) is 27.3. The Hall–Kier alpha value is -4.57. The molecule has 0 unspecified atom stereocenters. The Balaban J connectivity index is 1.08. The molecule has 2 aliphatic heterocycles. The van der Waals surface area contributed by atoms with Crippen molar-refractivity contribution in [1.29, 1.82) is 0 Å². The van der Waals surface area contributed by atoms with Crippen molar-refractivity contribution in [3.8, 4) is 10.4 Å². The van der Waals surface area contributed by atoms with Crippen LogP contribution in [0.25, 0.3) is 10.4 Å². The van der Waals surface area contributed by atoms with Crippen molar-refractivity contribution >= 4 is 46.3 Å². The number of nitrogens with zero attached hydrogens (tertiary/aromatic N) is 3. The van der Waals surface area contributed by atoms with Crippen molar-refractivity contribution in [3.05, 3.63) is 94.5 Å². The number of alkyl halides is 1. The van der Waals surface area contributed by atoms with Gasteiger partial charge in [-0.1, -0.05) is 18.2 Å². The van der Waals surface area contributed by atoms with E-state index in [4.69, 9.17) is 0 Å². The van der Waals surface area contributed by atoms with Gasteiger partial charge in [-0.05, 0) is 79.8 Å². The predicted molar refractivity (Wildman–Crippen MR) is 166 cm³/mol. The predicted octanol–water partition coefficient (Wildman–Crippen LogP) is 5.71. The lowest BCUT2D eigenvalue weighted by atomic mass is 10.1. The lowest BCUT2D eigenvalue weighted by Crippen LogP contribution is -2.32. The van der Waals surface area contributed by atoms with Crippen LogP contribution in [0.4, 0.5) is 21.6 Å². The quantitative estimate of drug-likeness (QED) is 0.298. The Labute approximate surface area is 252 Å². The number of fused-ring (bicyclic) bond motifs is 3. The van der Waals surface area contributed by atoms with E-state index in [1.54, 1.807) is 52.4 Å². The maximum Gasteiger partial charge on any atom is 0.261 e. The van der Waals surface area contributed by atoms with Gasteiger partial charge in [0.25, 0.3) is 17.7 Å². The van der Waals surface area contributed by atoms with Crippen LogP contribution >= 0.6 is 11.3 Å². The number of hydrogen-bond donors (Lipinski definition) is 2. The lowest BCUT2D eigenvalue weighted by Gasteiger charge is -2.23. The molecule has 2 fully saturated rings. The summed E-state index contributed by atoms with van der Waals surface area (Å²) in [5, 5.41) is 5.96. The molecule has 2 N–H and O–H groups in total. The van der Waals surface area contributed by atoms with E-state index in [-0.39, 0.29) is 24.3 Å². The molecule has 43 heavy (non-hydrogen) atoms. The molecule has 1 saturated heterocycles. The van der Waals surface area contributed by atoms with E-state index in [9.17, 15) is 18.8 Å². The van der Waals surface area contributed by atoms with E-state index in [2.05, 4.69) is 15.6 Å². The van der Waals surface area contributed by atoms with Crippen molar-refractivity contribution in [2.24, 2.45) is 0 Å².